The van der Waals surface area contributed by atoms with E-state index in [4.69, 9.17) is 4.98 Å². The molecular formula is C19H23FN4O2S. The van der Waals surface area contributed by atoms with Crippen LogP contribution in [0, 0.1) is 5.82 Å². The molecule has 0 radical (unpaired) electrons. The van der Waals surface area contributed by atoms with Gasteiger partial charge >= 0.3 is 0 Å². The topological polar surface area (TPSA) is 65.5 Å². The van der Waals surface area contributed by atoms with E-state index in [1.807, 2.05) is 12.1 Å². The van der Waals surface area contributed by atoms with Crippen LogP contribution in [0.1, 0.15) is 16.8 Å². The van der Waals surface area contributed by atoms with E-state index in [0.717, 1.165) is 43.3 Å². The van der Waals surface area contributed by atoms with Crippen molar-refractivity contribution in [1.82, 2.24) is 14.6 Å². The summed E-state index contributed by atoms with van der Waals surface area (Å²) in [6.45, 7) is 4.54. The minimum atomic E-state index is -3.46. The first-order valence-corrected chi connectivity index (χ1v) is 10.8. The highest BCUT2D eigenvalue weighted by atomic mass is 32.2. The van der Waals surface area contributed by atoms with Gasteiger partial charge in [-0.25, -0.2) is 17.8 Å². The van der Waals surface area contributed by atoms with Crippen LogP contribution < -0.4 is 10.2 Å². The van der Waals surface area contributed by atoms with E-state index in [1.165, 1.54) is 28.6 Å². The SMILES string of the molecule is O=S(=O)(Cc1ccc(F)cc1)N1CCc2nc(N3CCNCC3)ccc2C1. The Bertz CT molecular complexity index is 912. The summed E-state index contributed by atoms with van der Waals surface area (Å²) in [5, 5.41) is 3.33. The Hall–Kier alpha value is -2.03. The maximum atomic E-state index is 13.0. The van der Waals surface area contributed by atoms with E-state index in [9.17, 15) is 12.8 Å². The molecule has 2 aliphatic heterocycles. The normalized spacial score (nSPS) is 18.3. The van der Waals surface area contributed by atoms with E-state index in [-0.39, 0.29) is 11.6 Å². The fourth-order valence-corrected chi connectivity index (χ4v) is 5.07. The zero-order valence-electron chi connectivity index (χ0n) is 15.1. The fourth-order valence-electron chi connectivity index (χ4n) is 3.57. The van der Waals surface area contributed by atoms with Gasteiger partial charge in [-0.2, -0.15) is 4.31 Å². The number of benzene rings is 1. The largest absolute Gasteiger partial charge is 0.354 e. The van der Waals surface area contributed by atoms with Crippen molar-refractivity contribution in [3.05, 3.63) is 59.0 Å². The van der Waals surface area contributed by atoms with E-state index < -0.39 is 10.0 Å². The third kappa shape index (κ3) is 4.12. The highest BCUT2D eigenvalue weighted by molar-refractivity contribution is 7.88. The molecule has 3 heterocycles. The van der Waals surface area contributed by atoms with Crippen LogP contribution in [0.15, 0.2) is 36.4 Å². The summed E-state index contributed by atoms with van der Waals surface area (Å²) in [6, 6.07) is 9.60. The standard InChI is InChI=1S/C19H23FN4O2S/c20-17-4-1-15(2-5-17)14-27(25,26)24-10-7-18-16(13-24)3-6-19(22-18)23-11-8-21-9-12-23/h1-6,21H,7-14H2. The van der Waals surface area contributed by atoms with Gasteiger partial charge in [0, 0.05) is 51.4 Å². The summed E-state index contributed by atoms with van der Waals surface area (Å²) in [5.41, 5.74) is 2.54. The molecule has 4 rings (SSSR count). The predicted molar refractivity (Wildman–Crippen MR) is 102 cm³/mol. The number of nitrogens with zero attached hydrogens (tertiary/aromatic N) is 3. The zero-order chi connectivity index (χ0) is 18.9. The lowest BCUT2D eigenvalue weighted by Gasteiger charge is -2.31. The van der Waals surface area contributed by atoms with Gasteiger partial charge in [-0.3, -0.25) is 0 Å². The van der Waals surface area contributed by atoms with Crippen molar-refractivity contribution in [3.63, 3.8) is 0 Å². The Morgan fingerprint density at radius 3 is 2.52 bits per heavy atom. The molecule has 0 aliphatic carbocycles. The molecule has 1 aromatic carbocycles. The van der Waals surface area contributed by atoms with Crippen LogP contribution in [0.2, 0.25) is 0 Å². The fraction of sp³-hybridized carbons (Fsp3) is 0.421. The first-order valence-electron chi connectivity index (χ1n) is 9.18. The van der Waals surface area contributed by atoms with Crippen LogP contribution >= 0.6 is 0 Å². The summed E-state index contributed by atoms with van der Waals surface area (Å²) in [4.78, 5) is 7.04. The van der Waals surface area contributed by atoms with E-state index in [1.54, 1.807) is 0 Å². The van der Waals surface area contributed by atoms with Crippen molar-refractivity contribution in [3.8, 4) is 0 Å². The Kier molecular flexibility index (Phi) is 5.12. The van der Waals surface area contributed by atoms with Crippen molar-refractivity contribution in [1.29, 1.82) is 0 Å². The quantitative estimate of drug-likeness (QED) is 0.858. The molecular weight excluding hydrogens is 367 g/mol. The molecule has 1 N–H and O–H groups in total. The van der Waals surface area contributed by atoms with Crippen molar-refractivity contribution in [2.45, 2.75) is 18.7 Å². The first-order chi connectivity index (χ1) is 13.0. The summed E-state index contributed by atoms with van der Waals surface area (Å²) < 4.78 is 40.1. The molecule has 8 heteroatoms. The lowest BCUT2D eigenvalue weighted by atomic mass is 10.1. The number of halogens is 1. The molecule has 27 heavy (non-hydrogen) atoms. The number of hydrogen-bond acceptors (Lipinski definition) is 5. The van der Waals surface area contributed by atoms with Gasteiger partial charge in [-0.05, 0) is 29.3 Å². The lowest BCUT2D eigenvalue weighted by molar-refractivity contribution is 0.387. The van der Waals surface area contributed by atoms with Gasteiger partial charge in [0.1, 0.15) is 11.6 Å². The summed E-state index contributed by atoms with van der Waals surface area (Å²) in [5.74, 6) is 0.488. The van der Waals surface area contributed by atoms with Gasteiger partial charge in [0.15, 0.2) is 0 Å². The van der Waals surface area contributed by atoms with Gasteiger partial charge in [-0.15, -0.1) is 0 Å². The maximum Gasteiger partial charge on any atom is 0.218 e. The number of piperazine rings is 1. The lowest BCUT2D eigenvalue weighted by Crippen LogP contribution is -2.44. The second kappa shape index (κ2) is 7.53. The van der Waals surface area contributed by atoms with Gasteiger partial charge in [0.25, 0.3) is 0 Å². The van der Waals surface area contributed by atoms with Gasteiger partial charge < -0.3 is 10.2 Å². The van der Waals surface area contributed by atoms with Crippen molar-refractivity contribution in [2.75, 3.05) is 37.6 Å². The minimum absolute atomic E-state index is 0.116. The van der Waals surface area contributed by atoms with Crippen LogP contribution in [0.4, 0.5) is 10.2 Å². The highest BCUT2D eigenvalue weighted by Crippen LogP contribution is 2.24. The molecule has 1 fully saturated rings. The molecule has 2 aliphatic rings. The van der Waals surface area contributed by atoms with Crippen LogP contribution in [0.25, 0.3) is 0 Å². The molecule has 144 valence electrons. The molecule has 0 spiro atoms. The maximum absolute atomic E-state index is 13.0. The number of rotatable bonds is 4. The van der Waals surface area contributed by atoms with Crippen molar-refractivity contribution >= 4 is 15.8 Å². The number of hydrogen-bond donors (Lipinski definition) is 1. The van der Waals surface area contributed by atoms with E-state index in [0.29, 0.717) is 25.1 Å². The molecule has 6 nitrogen and oxygen atoms in total. The second-order valence-corrected chi connectivity index (χ2v) is 8.95. The monoisotopic (exact) mass is 390 g/mol. The van der Waals surface area contributed by atoms with Gasteiger partial charge in [0.05, 0.1) is 5.75 Å². The molecule has 0 unspecified atom stereocenters. The van der Waals surface area contributed by atoms with Gasteiger partial charge in [0.2, 0.25) is 10.0 Å². The Morgan fingerprint density at radius 2 is 1.78 bits per heavy atom. The molecule has 0 amide bonds. The van der Waals surface area contributed by atoms with E-state index >= 15 is 0 Å². The first kappa shape index (κ1) is 18.3. The van der Waals surface area contributed by atoms with Crippen molar-refractivity contribution in [2.24, 2.45) is 0 Å². The average Bonchev–Trinajstić information content (AvgIpc) is 2.69. The van der Waals surface area contributed by atoms with Crippen LogP contribution in [-0.2, 0) is 28.7 Å². The number of pyridine rings is 1. The molecule has 2 aromatic rings. The number of sulfonamides is 1. The van der Waals surface area contributed by atoms with Crippen molar-refractivity contribution < 1.29 is 12.8 Å². The van der Waals surface area contributed by atoms with Crippen LogP contribution in [0.5, 0.6) is 0 Å². The number of fused-ring (bicyclic) bond motifs is 1. The van der Waals surface area contributed by atoms with E-state index in [2.05, 4.69) is 10.2 Å². The Balaban J connectivity index is 1.48. The summed E-state index contributed by atoms with van der Waals surface area (Å²) in [6.07, 6.45) is 0.609. The highest BCUT2D eigenvalue weighted by Gasteiger charge is 2.28. The second-order valence-electron chi connectivity index (χ2n) is 6.98. The minimum Gasteiger partial charge on any atom is -0.354 e. The molecule has 0 atom stereocenters. The van der Waals surface area contributed by atoms with Crippen LogP contribution in [0.3, 0.4) is 0 Å². The third-order valence-electron chi connectivity index (χ3n) is 5.10. The molecule has 1 aromatic heterocycles. The molecule has 0 saturated carbocycles. The Morgan fingerprint density at radius 1 is 1.04 bits per heavy atom. The Labute approximate surface area is 159 Å². The van der Waals surface area contributed by atoms with Gasteiger partial charge in [-0.1, -0.05) is 18.2 Å². The smallest absolute Gasteiger partial charge is 0.218 e. The zero-order valence-corrected chi connectivity index (χ0v) is 15.9. The summed E-state index contributed by atoms with van der Waals surface area (Å²) >= 11 is 0. The predicted octanol–water partition coefficient (Wildman–Crippen LogP) is 1.52. The van der Waals surface area contributed by atoms with Crippen LogP contribution in [-0.4, -0.2) is 50.4 Å². The number of anilines is 1. The molecule has 1 saturated heterocycles. The number of aromatic nitrogens is 1. The molecule has 0 bridgehead atoms. The third-order valence-corrected chi connectivity index (χ3v) is 6.89. The summed E-state index contributed by atoms with van der Waals surface area (Å²) in [7, 11) is -3.46. The average molecular weight is 390 g/mol. The number of nitrogens with one attached hydrogen (secondary N) is 1.